The van der Waals surface area contributed by atoms with Crippen molar-refractivity contribution in [2.75, 3.05) is 13.6 Å². The lowest BCUT2D eigenvalue weighted by molar-refractivity contribution is 0.498. The maximum Gasteiger partial charge on any atom is 0.152 e. The number of nitrogens with zero attached hydrogens (tertiary/aromatic N) is 2. The van der Waals surface area contributed by atoms with Crippen LogP contribution in [-0.2, 0) is 0 Å². The number of fused-ring (bicyclic) bond motifs is 1. The molecule has 108 valence electrons. The van der Waals surface area contributed by atoms with Crippen molar-refractivity contribution >= 4 is 22.2 Å². The highest BCUT2D eigenvalue weighted by Gasteiger charge is 2.20. The number of para-hydroxylation sites is 1. The Hall–Kier alpha value is -2.81. The average Bonchev–Trinajstić information content (AvgIpc) is 2.99. The van der Waals surface area contributed by atoms with Gasteiger partial charge in [-0.05, 0) is 29.8 Å². The van der Waals surface area contributed by atoms with Crippen molar-refractivity contribution in [3.05, 3.63) is 78.3 Å². The molecule has 0 atom stereocenters. The van der Waals surface area contributed by atoms with E-state index in [0.717, 1.165) is 40.1 Å². The van der Waals surface area contributed by atoms with Crippen LogP contribution in [0.1, 0.15) is 11.3 Å². The average molecular weight is 288 g/mol. The zero-order valence-corrected chi connectivity index (χ0v) is 12.4. The van der Waals surface area contributed by atoms with E-state index in [4.69, 9.17) is 4.42 Å². The van der Waals surface area contributed by atoms with Crippen LogP contribution in [0.2, 0.25) is 0 Å². The number of aromatic nitrogens is 1. The van der Waals surface area contributed by atoms with Gasteiger partial charge >= 0.3 is 0 Å². The second kappa shape index (κ2) is 5.19. The van der Waals surface area contributed by atoms with Crippen LogP contribution in [0, 0.1) is 0 Å². The fraction of sp³-hybridized carbons (Fsp3) is 0.105. The van der Waals surface area contributed by atoms with E-state index < -0.39 is 0 Å². The third-order valence-electron chi connectivity index (χ3n) is 3.95. The molecule has 1 aromatic carbocycles. The minimum Gasteiger partial charge on any atom is -0.455 e. The molecule has 0 radical (unpaired) electrons. The molecule has 22 heavy (non-hydrogen) atoms. The normalized spacial score (nSPS) is 14.9. The number of hydrogen-bond acceptors (Lipinski definition) is 3. The quantitative estimate of drug-likeness (QED) is 0.708. The van der Waals surface area contributed by atoms with E-state index in [1.54, 1.807) is 0 Å². The van der Waals surface area contributed by atoms with Crippen LogP contribution in [-0.4, -0.2) is 23.5 Å². The van der Waals surface area contributed by atoms with Crippen molar-refractivity contribution in [3.8, 4) is 0 Å². The summed E-state index contributed by atoms with van der Waals surface area (Å²) >= 11 is 0. The lowest BCUT2D eigenvalue weighted by Crippen LogP contribution is -2.20. The molecule has 3 heteroatoms. The Balaban J connectivity index is 1.94. The van der Waals surface area contributed by atoms with Crippen LogP contribution in [0.4, 0.5) is 0 Å². The van der Waals surface area contributed by atoms with Crippen molar-refractivity contribution < 1.29 is 4.42 Å². The lowest BCUT2D eigenvalue weighted by Gasteiger charge is -2.26. The van der Waals surface area contributed by atoms with E-state index >= 15 is 0 Å². The van der Waals surface area contributed by atoms with Gasteiger partial charge in [-0.15, -0.1) is 0 Å². The number of benzene rings is 1. The Bertz CT molecular complexity index is 842. The largest absolute Gasteiger partial charge is 0.455 e. The molecule has 0 bridgehead atoms. The molecular formula is C19H16N2O. The molecule has 0 amide bonds. The molecule has 3 nitrogen and oxygen atoms in total. The summed E-state index contributed by atoms with van der Waals surface area (Å²) in [5.41, 5.74) is 4.34. The van der Waals surface area contributed by atoms with Gasteiger partial charge in [-0.2, -0.15) is 0 Å². The van der Waals surface area contributed by atoms with Crippen LogP contribution >= 0.6 is 0 Å². The minimum atomic E-state index is 0.876. The molecule has 2 aromatic heterocycles. The van der Waals surface area contributed by atoms with Gasteiger partial charge in [0.2, 0.25) is 0 Å². The topological polar surface area (TPSA) is 29.3 Å². The van der Waals surface area contributed by atoms with E-state index in [9.17, 15) is 0 Å². The summed E-state index contributed by atoms with van der Waals surface area (Å²) in [4.78, 5) is 6.32. The zero-order chi connectivity index (χ0) is 14.9. The maximum absolute atomic E-state index is 6.08. The van der Waals surface area contributed by atoms with Crippen molar-refractivity contribution in [1.82, 2.24) is 9.88 Å². The second-order valence-corrected chi connectivity index (χ2v) is 5.43. The number of likely N-dealkylation sites (N-methyl/N-ethyl adjacent to an activating group) is 1. The summed E-state index contributed by atoms with van der Waals surface area (Å²) in [7, 11) is 2.09. The van der Waals surface area contributed by atoms with Crippen molar-refractivity contribution in [3.63, 3.8) is 0 Å². The van der Waals surface area contributed by atoms with Crippen LogP contribution < -0.4 is 0 Å². The molecule has 0 N–H and O–H groups in total. The van der Waals surface area contributed by atoms with Crippen LogP contribution in [0.3, 0.4) is 0 Å². The Morgan fingerprint density at radius 3 is 2.73 bits per heavy atom. The number of allylic oxidation sites excluding steroid dienone is 2. The molecule has 0 fully saturated rings. The van der Waals surface area contributed by atoms with Gasteiger partial charge in [0.15, 0.2) is 5.76 Å². The minimum absolute atomic E-state index is 0.876. The van der Waals surface area contributed by atoms with Crippen LogP contribution in [0.25, 0.3) is 22.2 Å². The van der Waals surface area contributed by atoms with Crippen LogP contribution in [0.5, 0.6) is 0 Å². The van der Waals surface area contributed by atoms with Gasteiger partial charge in [0.1, 0.15) is 5.58 Å². The molecule has 0 spiro atoms. The van der Waals surface area contributed by atoms with Gasteiger partial charge in [-0.3, -0.25) is 4.98 Å². The Kier molecular flexibility index (Phi) is 3.04. The van der Waals surface area contributed by atoms with Gasteiger partial charge in [-0.1, -0.05) is 30.4 Å². The van der Waals surface area contributed by atoms with Gasteiger partial charge in [0.05, 0.1) is 5.70 Å². The van der Waals surface area contributed by atoms with E-state index in [1.807, 2.05) is 42.7 Å². The summed E-state index contributed by atoms with van der Waals surface area (Å²) in [6.07, 6.45) is 7.97. The molecule has 3 aromatic rings. The highest BCUT2D eigenvalue weighted by molar-refractivity contribution is 5.96. The molecule has 4 rings (SSSR count). The van der Waals surface area contributed by atoms with Crippen molar-refractivity contribution in [2.24, 2.45) is 0 Å². The monoisotopic (exact) mass is 288 g/mol. The first-order chi connectivity index (χ1) is 10.8. The smallest absolute Gasteiger partial charge is 0.152 e. The Morgan fingerprint density at radius 2 is 1.91 bits per heavy atom. The van der Waals surface area contributed by atoms with Crippen LogP contribution in [0.15, 0.2) is 71.4 Å². The molecular weight excluding hydrogens is 272 g/mol. The SMILES string of the molecule is CN1CC=CC(c2ccncc2)=C1c1cc2ccccc2o1. The molecule has 0 aliphatic carbocycles. The standard InChI is InChI=1S/C19H16N2O/c1-21-12-4-6-16(14-8-10-20-11-9-14)19(21)18-13-15-5-2-3-7-17(15)22-18/h2-11,13H,12H2,1H3. The third-order valence-corrected chi connectivity index (χ3v) is 3.95. The predicted molar refractivity (Wildman–Crippen MR) is 89.0 cm³/mol. The first-order valence-corrected chi connectivity index (χ1v) is 7.34. The summed E-state index contributed by atoms with van der Waals surface area (Å²) in [6, 6.07) is 14.3. The van der Waals surface area contributed by atoms with Gasteiger partial charge in [0, 0.05) is 36.9 Å². The van der Waals surface area contributed by atoms with Gasteiger partial charge in [0.25, 0.3) is 0 Å². The van der Waals surface area contributed by atoms with E-state index in [2.05, 4.69) is 41.2 Å². The Morgan fingerprint density at radius 1 is 1.09 bits per heavy atom. The van der Waals surface area contributed by atoms with Gasteiger partial charge < -0.3 is 9.32 Å². The van der Waals surface area contributed by atoms with E-state index in [1.165, 1.54) is 0 Å². The number of pyridine rings is 1. The molecule has 1 aliphatic rings. The number of furan rings is 1. The van der Waals surface area contributed by atoms with Crippen molar-refractivity contribution in [2.45, 2.75) is 0 Å². The molecule has 1 aliphatic heterocycles. The number of hydrogen-bond donors (Lipinski definition) is 0. The van der Waals surface area contributed by atoms with Gasteiger partial charge in [-0.25, -0.2) is 0 Å². The highest BCUT2D eigenvalue weighted by atomic mass is 16.3. The number of rotatable bonds is 2. The van der Waals surface area contributed by atoms with E-state index in [-0.39, 0.29) is 0 Å². The Labute approximate surface area is 129 Å². The van der Waals surface area contributed by atoms with E-state index in [0.29, 0.717) is 0 Å². The first-order valence-electron chi connectivity index (χ1n) is 7.34. The summed E-state index contributed by atoms with van der Waals surface area (Å²) in [6.45, 7) is 0.876. The van der Waals surface area contributed by atoms with Crippen molar-refractivity contribution in [1.29, 1.82) is 0 Å². The fourth-order valence-corrected chi connectivity index (χ4v) is 2.89. The summed E-state index contributed by atoms with van der Waals surface area (Å²) in [5, 5.41) is 1.13. The fourth-order valence-electron chi connectivity index (χ4n) is 2.89. The molecule has 3 heterocycles. The molecule has 0 saturated carbocycles. The predicted octanol–water partition coefficient (Wildman–Crippen LogP) is 4.20. The summed E-state index contributed by atoms with van der Waals surface area (Å²) < 4.78 is 6.08. The molecule has 0 saturated heterocycles. The first kappa shape index (κ1) is 12.9. The second-order valence-electron chi connectivity index (χ2n) is 5.43. The highest BCUT2D eigenvalue weighted by Crippen LogP contribution is 2.34. The zero-order valence-electron chi connectivity index (χ0n) is 12.4. The molecule has 0 unspecified atom stereocenters. The lowest BCUT2D eigenvalue weighted by atomic mass is 10.00. The summed E-state index contributed by atoms with van der Waals surface area (Å²) in [5.74, 6) is 0.903. The third kappa shape index (κ3) is 2.11. The maximum atomic E-state index is 6.08.